The minimum Gasteiger partial charge on any atom is -0.481 e. The van der Waals surface area contributed by atoms with E-state index in [0.29, 0.717) is 6.10 Å². The maximum Gasteiger partial charge on any atom is 0.306 e. The van der Waals surface area contributed by atoms with Crippen LogP contribution in [0.15, 0.2) is 0 Å². The van der Waals surface area contributed by atoms with Crippen molar-refractivity contribution in [3.8, 4) is 0 Å². The van der Waals surface area contributed by atoms with Crippen LogP contribution >= 0.6 is 0 Å². The Labute approximate surface area is 78.1 Å². The zero-order valence-electron chi connectivity index (χ0n) is 7.90. The van der Waals surface area contributed by atoms with Crippen molar-refractivity contribution in [2.45, 2.75) is 44.8 Å². The van der Waals surface area contributed by atoms with E-state index in [1.165, 1.54) is 0 Å². The molecule has 0 radical (unpaired) electrons. The van der Waals surface area contributed by atoms with Crippen LogP contribution in [-0.4, -0.2) is 23.3 Å². The van der Waals surface area contributed by atoms with Gasteiger partial charge >= 0.3 is 5.97 Å². The molecule has 3 nitrogen and oxygen atoms in total. The van der Waals surface area contributed by atoms with Crippen LogP contribution < -0.4 is 0 Å². The van der Waals surface area contributed by atoms with Gasteiger partial charge in [-0.05, 0) is 25.7 Å². The number of carboxylic acid groups (broad SMARTS) is 1. The average Bonchev–Trinajstić information content (AvgIpc) is 2.65. The van der Waals surface area contributed by atoms with Gasteiger partial charge in [0.05, 0.1) is 18.1 Å². The van der Waals surface area contributed by atoms with E-state index in [-0.39, 0.29) is 17.9 Å². The Hall–Kier alpha value is -0.570. The van der Waals surface area contributed by atoms with E-state index in [1.54, 1.807) is 0 Å². The zero-order chi connectivity index (χ0) is 9.42. The summed E-state index contributed by atoms with van der Waals surface area (Å²) >= 11 is 0. The molecule has 0 aliphatic carbocycles. The molecule has 2 aliphatic heterocycles. The molecule has 0 saturated carbocycles. The third-order valence-electron chi connectivity index (χ3n) is 3.43. The lowest BCUT2D eigenvalue weighted by atomic mass is 9.79. The molecule has 0 aromatic rings. The summed E-state index contributed by atoms with van der Waals surface area (Å²) in [5.41, 5.74) is 0. The Morgan fingerprint density at radius 2 is 2.38 bits per heavy atom. The first kappa shape index (κ1) is 9.00. The highest BCUT2D eigenvalue weighted by atomic mass is 16.5. The first-order valence-electron chi connectivity index (χ1n) is 5.10. The third-order valence-corrected chi connectivity index (χ3v) is 3.43. The van der Waals surface area contributed by atoms with Gasteiger partial charge in [-0.3, -0.25) is 4.79 Å². The lowest BCUT2D eigenvalue weighted by molar-refractivity contribution is -0.144. The number of carboxylic acids is 1. The number of rotatable bonds is 3. The van der Waals surface area contributed by atoms with E-state index in [2.05, 4.69) is 0 Å². The monoisotopic (exact) mass is 184 g/mol. The standard InChI is InChI=1S/C10H16O3/c1-2-7(10(11)12)8-5-6-3-4-9(8)13-6/h6-9H,2-5H2,1H3,(H,11,12). The molecule has 3 heteroatoms. The zero-order valence-corrected chi connectivity index (χ0v) is 7.90. The Balaban J connectivity index is 2.04. The molecule has 13 heavy (non-hydrogen) atoms. The van der Waals surface area contributed by atoms with Crippen LogP contribution in [0.1, 0.15) is 32.6 Å². The minimum absolute atomic E-state index is 0.185. The van der Waals surface area contributed by atoms with Crippen molar-refractivity contribution in [3.05, 3.63) is 0 Å². The van der Waals surface area contributed by atoms with Crippen LogP contribution in [-0.2, 0) is 9.53 Å². The molecule has 2 rings (SSSR count). The first-order chi connectivity index (χ1) is 6.22. The number of hydrogen-bond acceptors (Lipinski definition) is 2. The van der Waals surface area contributed by atoms with Gasteiger partial charge in [-0.15, -0.1) is 0 Å². The van der Waals surface area contributed by atoms with E-state index in [0.717, 1.165) is 25.7 Å². The summed E-state index contributed by atoms with van der Waals surface area (Å²) in [5, 5.41) is 9.01. The van der Waals surface area contributed by atoms with Crippen LogP contribution in [0.25, 0.3) is 0 Å². The predicted molar refractivity (Wildman–Crippen MR) is 47.4 cm³/mol. The topological polar surface area (TPSA) is 46.5 Å². The molecule has 2 fully saturated rings. The maximum absolute atomic E-state index is 10.9. The van der Waals surface area contributed by atoms with Gasteiger partial charge in [-0.1, -0.05) is 6.92 Å². The van der Waals surface area contributed by atoms with Crippen LogP contribution in [0.2, 0.25) is 0 Å². The molecular formula is C10H16O3. The molecule has 2 bridgehead atoms. The molecule has 0 aromatic heterocycles. The molecule has 1 N–H and O–H groups in total. The molecule has 2 saturated heterocycles. The number of carbonyl (C=O) groups is 1. The second-order valence-electron chi connectivity index (χ2n) is 4.13. The van der Waals surface area contributed by atoms with Gasteiger partial charge in [0.2, 0.25) is 0 Å². The highest BCUT2D eigenvalue weighted by molar-refractivity contribution is 5.70. The van der Waals surface area contributed by atoms with Crippen molar-refractivity contribution >= 4 is 5.97 Å². The van der Waals surface area contributed by atoms with Gasteiger partial charge in [-0.2, -0.15) is 0 Å². The van der Waals surface area contributed by atoms with Crippen molar-refractivity contribution in [2.24, 2.45) is 11.8 Å². The van der Waals surface area contributed by atoms with Gasteiger partial charge in [0.15, 0.2) is 0 Å². The number of ether oxygens (including phenoxy) is 1. The lowest BCUT2D eigenvalue weighted by Crippen LogP contribution is -2.30. The summed E-state index contributed by atoms with van der Waals surface area (Å²) < 4.78 is 5.65. The summed E-state index contributed by atoms with van der Waals surface area (Å²) in [7, 11) is 0. The molecule has 4 atom stereocenters. The van der Waals surface area contributed by atoms with Gasteiger partial charge < -0.3 is 9.84 Å². The summed E-state index contributed by atoms with van der Waals surface area (Å²) in [6.07, 6.45) is 4.51. The fourth-order valence-corrected chi connectivity index (χ4v) is 2.76. The van der Waals surface area contributed by atoms with Crippen molar-refractivity contribution in [1.82, 2.24) is 0 Å². The van der Waals surface area contributed by atoms with Crippen LogP contribution in [0.3, 0.4) is 0 Å². The minimum atomic E-state index is -0.649. The van der Waals surface area contributed by atoms with E-state index in [9.17, 15) is 4.79 Å². The van der Waals surface area contributed by atoms with Crippen LogP contribution in [0.4, 0.5) is 0 Å². The smallest absolute Gasteiger partial charge is 0.306 e. The van der Waals surface area contributed by atoms with E-state index < -0.39 is 5.97 Å². The SMILES string of the molecule is CCC(C(=O)O)C1CC2CCC1O2. The quantitative estimate of drug-likeness (QED) is 0.725. The van der Waals surface area contributed by atoms with E-state index in [1.807, 2.05) is 6.92 Å². The van der Waals surface area contributed by atoms with Crippen molar-refractivity contribution < 1.29 is 14.6 Å². The summed E-state index contributed by atoms with van der Waals surface area (Å²) in [6, 6.07) is 0. The maximum atomic E-state index is 10.9. The fraction of sp³-hybridized carbons (Fsp3) is 0.900. The van der Waals surface area contributed by atoms with Gasteiger partial charge in [0.25, 0.3) is 0 Å². The van der Waals surface area contributed by atoms with Crippen molar-refractivity contribution in [3.63, 3.8) is 0 Å². The average molecular weight is 184 g/mol. The Kier molecular flexibility index (Phi) is 2.28. The lowest BCUT2D eigenvalue weighted by Gasteiger charge is -2.23. The van der Waals surface area contributed by atoms with Crippen molar-refractivity contribution in [1.29, 1.82) is 0 Å². The highest BCUT2D eigenvalue weighted by Crippen LogP contribution is 2.43. The Bertz CT molecular complexity index is 214. The molecular weight excluding hydrogens is 168 g/mol. The molecule has 0 amide bonds. The van der Waals surface area contributed by atoms with Crippen molar-refractivity contribution in [2.75, 3.05) is 0 Å². The summed E-state index contributed by atoms with van der Waals surface area (Å²) in [6.45, 7) is 1.95. The molecule has 2 aliphatic rings. The molecule has 0 aromatic carbocycles. The van der Waals surface area contributed by atoms with Crippen LogP contribution in [0, 0.1) is 11.8 Å². The molecule has 74 valence electrons. The fourth-order valence-electron chi connectivity index (χ4n) is 2.76. The summed E-state index contributed by atoms with van der Waals surface area (Å²) in [4.78, 5) is 10.9. The van der Waals surface area contributed by atoms with Gasteiger partial charge in [-0.25, -0.2) is 0 Å². The second-order valence-corrected chi connectivity index (χ2v) is 4.13. The van der Waals surface area contributed by atoms with Crippen LogP contribution in [0.5, 0.6) is 0 Å². The van der Waals surface area contributed by atoms with Gasteiger partial charge in [0, 0.05) is 5.92 Å². The molecule has 4 unspecified atom stereocenters. The molecule has 2 heterocycles. The second kappa shape index (κ2) is 3.29. The largest absolute Gasteiger partial charge is 0.481 e. The van der Waals surface area contributed by atoms with E-state index in [4.69, 9.17) is 9.84 Å². The van der Waals surface area contributed by atoms with Gasteiger partial charge in [0.1, 0.15) is 0 Å². The van der Waals surface area contributed by atoms with E-state index >= 15 is 0 Å². The number of aliphatic carboxylic acids is 1. The number of hydrogen-bond donors (Lipinski definition) is 1. The molecule has 0 spiro atoms. The highest BCUT2D eigenvalue weighted by Gasteiger charge is 2.45. The summed E-state index contributed by atoms with van der Waals surface area (Å²) in [5.74, 6) is -0.555. The third kappa shape index (κ3) is 1.46. The predicted octanol–water partition coefficient (Wildman–Crippen LogP) is 1.66. The Morgan fingerprint density at radius 1 is 1.62 bits per heavy atom. The normalized spacial score (nSPS) is 39.3. The first-order valence-corrected chi connectivity index (χ1v) is 5.10. The Morgan fingerprint density at radius 3 is 2.77 bits per heavy atom. The number of fused-ring (bicyclic) bond motifs is 2.